The second-order valence-electron chi connectivity index (χ2n) is 5.48. The molecule has 0 amide bonds. The summed E-state index contributed by atoms with van der Waals surface area (Å²) in [6, 6.07) is 6.98. The minimum Gasteiger partial charge on any atom is -0.376 e. The van der Waals surface area contributed by atoms with Gasteiger partial charge in [-0.05, 0) is 18.6 Å². The molecule has 0 radical (unpaired) electrons. The van der Waals surface area contributed by atoms with E-state index >= 15 is 0 Å². The first-order chi connectivity index (χ1) is 10.7. The third-order valence-electron chi connectivity index (χ3n) is 3.93. The zero-order valence-corrected chi connectivity index (χ0v) is 12.3. The number of nitrogens with two attached hydrogens (primary N) is 1. The maximum atomic E-state index is 13.4. The average Bonchev–Trinajstić information content (AvgIpc) is 2.71. The fourth-order valence-electron chi connectivity index (χ4n) is 2.88. The summed E-state index contributed by atoms with van der Waals surface area (Å²) in [6.07, 6.45) is 0.817. The number of hydrogen-bond acceptors (Lipinski definition) is 4. The first-order valence-corrected chi connectivity index (χ1v) is 7.47. The van der Waals surface area contributed by atoms with Crippen LogP contribution in [0.25, 0.3) is 11.0 Å². The van der Waals surface area contributed by atoms with Crippen molar-refractivity contribution >= 4 is 11.0 Å². The maximum Gasteiger partial charge on any atom is 0.320 e. The summed E-state index contributed by atoms with van der Waals surface area (Å²) in [6.45, 7) is 0.298. The molecule has 1 aromatic carbocycles. The Hall–Kier alpha value is -1.57. The summed E-state index contributed by atoms with van der Waals surface area (Å²) in [4.78, 5) is 6.47. The van der Waals surface area contributed by atoms with Crippen molar-refractivity contribution in [1.82, 2.24) is 14.5 Å². The van der Waals surface area contributed by atoms with Crippen LogP contribution in [-0.4, -0.2) is 46.8 Å². The Bertz CT molecular complexity index is 631. The Morgan fingerprint density at radius 1 is 1.36 bits per heavy atom. The van der Waals surface area contributed by atoms with Gasteiger partial charge in [-0.2, -0.15) is 8.78 Å². The normalized spacial score (nSPS) is 20.6. The van der Waals surface area contributed by atoms with Gasteiger partial charge in [0.05, 0.1) is 23.7 Å². The van der Waals surface area contributed by atoms with E-state index in [1.54, 1.807) is 24.3 Å². The van der Waals surface area contributed by atoms with Crippen LogP contribution >= 0.6 is 0 Å². The van der Waals surface area contributed by atoms with Crippen molar-refractivity contribution in [2.75, 3.05) is 26.2 Å². The van der Waals surface area contributed by atoms with E-state index in [4.69, 9.17) is 10.5 Å². The number of nitrogens with zero attached hydrogens (tertiary/aromatic N) is 3. The summed E-state index contributed by atoms with van der Waals surface area (Å²) in [5.74, 6) is 0.383. The molecule has 2 heterocycles. The van der Waals surface area contributed by atoms with Gasteiger partial charge in [0.25, 0.3) is 0 Å². The highest BCUT2D eigenvalue weighted by molar-refractivity contribution is 5.75. The fraction of sp³-hybridized carbons (Fsp3) is 0.533. The van der Waals surface area contributed by atoms with Crippen LogP contribution in [0.1, 0.15) is 18.8 Å². The van der Waals surface area contributed by atoms with Crippen LogP contribution in [0.4, 0.5) is 8.78 Å². The molecule has 2 N–H and O–H groups in total. The zero-order valence-electron chi connectivity index (χ0n) is 12.3. The minimum absolute atomic E-state index is 0.0492. The smallest absolute Gasteiger partial charge is 0.320 e. The fourth-order valence-corrected chi connectivity index (χ4v) is 2.88. The maximum absolute atomic E-state index is 13.4. The first-order valence-electron chi connectivity index (χ1n) is 7.47. The number of ether oxygens (including phenoxy) is 1. The lowest BCUT2D eigenvalue weighted by atomic mass is 10.3. The molecule has 0 bridgehead atoms. The Morgan fingerprint density at radius 3 is 2.95 bits per heavy atom. The quantitative estimate of drug-likeness (QED) is 0.938. The molecular formula is C15H20F2N4O. The topological polar surface area (TPSA) is 56.3 Å². The molecule has 0 aliphatic carbocycles. The number of hydrogen-bond donors (Lipinski definition) is 1. The van der Waals surface area contributed by atoms with Gasteiger partial charge in [0, 0.05) is 26.2 Å². The second kappa shape index (κ2) is 6.68. The Labute approximate surface area is 127 Å². The van der Waals surface area contributed by atoms with Crippen molar-refractivity contribution in [3.8, 4) is 0 Å². The van der Waals surface area contributed by atoms with Gasteiger partial charge in [0.15, 0.2) is 0 Å². The lowest BCUT2D eigenvalue weighted by Gasteiger charge is -2.22. The van der Waals surface area contributed by atoms with E-state index in [9.17, 15) is 8.78 Å². The van der Waals surface area contributed by atoms with Gasteiger partial charge in [-0.15, -0.1) is 0 Å². The largest absolute Gasteiger partial charge is 0.376 e. The monoisotopic (exact) mass is 310 g/mol. The van der Waals surface area contributed by atoms with Crippen molar-refractivity contribution in [2.45, 2.75) is 25.6 Å². The van der Waals surface area contributed by atoms with E-state index in [1.165, 1.54) is 0 Å². The highest BCUT2D eigenvalue weighted by Gasteiger charge is 2.22. The van der Waals surface area contributed by atoms with E-state index in [1.807, 2.05) is 0 Å². The number of rotatable bonds is 4. The molecule has 7 heteroatoms. The predicted octanol–water partition coefficient (Wildman–Crippen LogP) is 1.98. The highest BCUT2D eigenvalue weighted by Crippen LogP contribution is 2.24. The Morgan fingerprint density at radius 2 is 2.18 bits per heavy atom. The summed E-state index contributed by atoms with van der Waals surface area (Å²) >= 11 is 0. The number of imidazole rings is 1. The van der Waals surface area contributed by atoms with Gasteiger partial charge >= 0.3 is 6.55 Å². The van der Waals surface area contributed by atoms with E-state index in [0.717, 1.165) is 17.5 Å². The van der Waals surface area contributed by atoms with E-state index < -0.39 is 6.55 Å². The van der Waals surface area contributed by atoms with Crippen molar-refractivity contribution in [3.63, 3.8) is 0 Å². The third-order valence-corrected chi connectivity index (χ3v) is 3.93. The van der Waals surface area contributed by atoms with Crippen LogP contribution in [0, 0.1) is 0 Å². The molecule has 5 nitrogen and oxygen atoms in total. The lowest BCUT2D eigenvalue weighted by Crippen LogP contribution is -2.36. The molecule has 0 saturated carbocycles. The number of aromatic nitrogens is 2. The van der Waals surface area contributed by atoms with Crippen LogP contribution in [-0.2, 0) is 11.3 Å². The van der Waals surface area contributed by atoms with Gasteiger partial charge < -0.3 is 10.5 Å². The molecule has 1 aliphatic rings. The number of fused-ring (bicyclic) bond motifs is 1. The standard InChI is InChI=1S/C15H20F2N4O/c16-15(17)21-13-5-2-1-4-12(13)19-14(21)10-20-6-3-7-22-11(8-18)9-20/h1-2,4-5,11,15H,3,6-10,18H2. The SMILES string of the molecule is NCC1CN(Cc2nc3ccccc3n2C(F)F)CCCO1. The van der Waals surface area contributed by atoms with Crippen LogP contribution in [0.2, 0.25) is 0 Å². The Balaban J connectivity index is 1.87. The van der Waals surface area contributed by atoms with Crippen molar-refractivity contribution < 1.29 is 13.5 Å². The summed E-state index contributed by atoms with van der Waals surface area (Å²) in [7, 11) is 0. The van der Waals surface area contributed by atoms with E-state index in [-0.39, 0.29) is 6.10 Å². The van der Waals surface area contributed by atoms with Crippen molar-refractivity contribution in [1.29, 1.82) is 0 Å². The van der Waals surface area contributed by atoms with Gasteiger partial charge in [-0.25, -0.2) is 4.98 Å². The van der Waals surface area contributed by atoms with Crippen LogP contribution in [0.15, 0.2) is 24.3 Å². The molecule has 1 fully saturated rings. The number of alkyl halides is 2. The third kappa shape index (κ3) is 3.11. The second-order valence-corrected chi connectivity index (χ2v) is 5.48. The Kier molecular flexibility index (Phi) is 4.66. The summed E-state index contributed by atoms with van der Waals surface area (Å²) in [5.41, 5.74) is 6.74. The molecule has 22 heavy (non-hydrogen) atoms. The molecule has 1 atom stereocenters. The van der Waals surface area contributed by atoms with Crippen LogP contribution < -0.4 is 5.73 Å². The van der Waals surface area contributed by atoms with Crippen molar-refractivity contribution in [2.24, 2.45) is 5.73 Å². The van der Waals surface area contributed by atoms with Gasteiger partial charge in [-0.1, -0.05) is 12.1 Å². The van der Waals surface area contributed by atoms with Crippen LogP contribution in [0.3, 0.4) is 0 Å². The average molecular weight is 310 g/mol. The number of halogens is 2. The molecule has 2 aromatic rings. The van der Waals surface area contributed by atoms with Crippen molar-refractivity contribution in [3.05, 3.63) is 30.1 Å². The molecular weight excluding hydrogens is 290 g/mol. The van der Waals surface area contributed by atoms with Gasteiger partial charge in [0.1, 0.15) is 5.82 Å². The highest BCUT2D eigenvalue weighted by atomic mass is 19.3. The summed E-state index contributed by atoms with van der Waals surface area (Å²) in [5, 5.41) is 0. The number of benzene rings is 1. The zero-order chi connectivity index (χ0) is 15.5. The first kappa shape index (κ1) is 15.3. The van der Waals surface area contributed by atoms with Gasteiger partial charge in [0.2, 0.25) is 0 Å². The molecule has 0 spiro atoms. The van der Waals surface area contributed by atoms with Crippen LogP contribution in [0.5, 0.6) is 0 Å². The molecule has 1 unspecified atom stereocenters. The molecule has 3 rings (SSSR count). The summed E-state index contributed by atoms with van der Waals surface area (Å²) < 4.78 is 33.5. The molecule has 1 aliphatic heterocycles. The predicted molar refractivity (Wildman–Crippen MR) is 79.7 cm³/mol. The van der Waals surface area contributed by atoms with Gasteiger partial charge in [-0.3, -0.25) is 9.47 Å². The molecule has 120 valence electrons. The lowest BCUT2D eigenvalue weighted by molar-refractivity contribution is 0.0548. The molecule has 1 saturated heterocycles. The van der Waals surface area contributed by atoms with E-state index in [0.29, 0.717) is 43.1 Å². The molecule has 1 aromatic heterocycles. The van der Waals surface area contributed by atoms with E-state index in [2.05, 4.69) is 9.88 Å². The minimum atomic E-state index is -2.60. The number of para-hydroxylation sites is 2.